The van der Waals surface area contributed by atoms with Crippen molar-refractivity contribution in [2.45, 2.75) is 71.1 Å². The third-order valence-electron chi connectivity index (χ3n) is 2.93. The summed E-state index contributed by atoms with van der Waals surface area (Å²) in [6, 6.07) is 4.27. The Morgan fingerprint density at radius 1 is 0.875 bits per heavy atom. The number of hydrogen-bond donors (Lipinski definition) is 0. The molecule has 0 aromatic heterocycles. The summed E-state index contributed by atoms with van der Waals surface area (Å²) in [5, 5.41) is 17.2. The summed E-state index contributed by atoms with van der Waals surface area (Å²) in [5.74, 6) is -0.0370. The second-order valence-electron chi connectivity index (χ2n) is 4.45. The Morgan fingerprint density at radius 3 is 1.94 bits per heavy atom. The van der Waals surface area contributed by atoms with Gasteiger partial charge in [0, 0.05) is 0 Å². The maximum atomic E-state index is 8.76. The summed E-state index contributed by atoms with van der Waals surface area (Å²) in [4.78, 5) is 0. The first-order chi connectivity index (χ1) is 7.85. The molecule has 0 radical (unpaired) electrons. The van der Waals surface area contributed by atoms with Gasteiger partial charge in [-0.3, -0.25) is 0 Å². The van der Waals surface area contributed by atoms with E-state index in [2.05, 4.69) is 19.1 Å². The summed E-state index contributed by atoms with van der Waals surface area (Å²) in [7, 11) is 0. The largest absolute Gasteiger partial charge is 0.198 e. The second-order valence-corrected chi connectivity index (χ2v) is 4.45. The molecular weight excluding hydrogens is 196 g/mol. The van der Waals surface area contributed by atoms with Crippen molar-refractivity contribution in [2.24, 2.45) is 5.92 Å². The average Bonchev–Trinajstić information content (AvgIpc) is 2.31. The van der Waals surface area contributed by atoms with Crippen LogP contribution in [0.5, 0.6) is 0 Å². The molecule has 0 aliphatic heterocycles. The van der Waals surface area contributed by atoms with Gasteiger partial charge in [0.2, 0.25) is 0 Å². The lowest BCUT2D eigenvalue weighted by atomic mass is 9.99. The average molecular weight is 220 g/mol. The van der Waals surface area contributed by atoms with Crippen LogP contribution in [0.3, 0.4) is 0 Å². The van der Waals surface area contributed by atoms with E-state index in [0.717, 1.165) is 12.8 Å². The molecule has 0 aliphatic carbocycles. The van der Waals surface area contributed by atoms with E-state index >= 15 is 0 Å². The van der Waals surface area contributed by atoms with Gasteiger partial charge in [-0.2, -0.15) is 10.5 Å². The fourth-order valence-electron chi connectivity index (χ4n) is 1.85. The van der Waals surface area contributed by atoms with Gasteiger partial charge in [-0.15, -0.1) is 0 Å². The molecule has 0 saturated carbocycles. The van der Waals surface area contributed by atoms with Crippen molar-refractivity contribution in [3.8, 4) is 12.1 Å². The summed E-state index contributed by atoms with van der Waals surface area (Å²) in [5.41, 5.74) is 0. The molecule has 16 heavy (non-hydrogen) atoms. The first-order valence-corrected chi connectivity index (χ1v) is 6.61. The Kier molecular flexibility index (Phi) is 11.3. The molecule has 2 heteroatoms. The van der Waals surface area contributed by atoms with Crippen LogP contribution in [-0.4, -0.2) is 0 Å². The highest BCUT2D eigenvalue weighted by atomic mass is 14.3. The molecule has 1 unspecified atom stereocenters. The molecule has 0 spiro atoms. The maximum absolute atomic E-state index is 8.76. The van der Waals surface area contributed by atoms with E-state index in [4.69, 9.17) is 10.5 Å². The normalized spacial score (nSPS) is 11.7. The van der Waals surface area contributed by atoms with E-state index in [0.29, 0.717) is 6.42 Å². The molecule has 90 valence electrons. The van der Waals surface area contributed by atoms with Gasteiger partial charge in [-0.1, -0.05) is 58.3 Å². The van der Waals surface area contributed by atoms with Gasteiger partial charge in [0.05, 0.1) is 24.5 Å². The molecule has 1 atom stereocenters. The molecule has 0 fully saturated rings. The zero-order chi connectivity index (χ0) is 12.1. The summed E-state index contributed by atoms with van der Waals surface area (Å²) in [6.45, 7) is 2.23. The van der Waals surface area contributed by atoms with Crippen LogP contribution in [0.25, 0.3) is 0 Å². The first kappa shape index (κ1) is 15.0. The quantitative estimate of drug-likeness (QED) is 0.506. The zero-order valence-corrected chi connectivity index (χ0v) is 10.5. The molecule has 0 aromatic carbocycles. The van der Waals surface area contributed by atoms with Crippen LogP contribution in [0.15, 0.2) is 0 Å². The minimum atomic E-state index is -0.0370. The minimum Gasteiger partial charge on any atom is -0.198 e. The van der Waals surface area contributed by atoms with E-state index in [-0.39, 0.29) is 5.92 Å². The number of unbranched alkanes of at least 4 members (excludes halogenated alkanes) is 7. The SMILES string of the molecule is CCCCCCCCCCC(C#N)CC#N. The Bertz CT molecular complexity index is 222. The van der Waals surface area contributed by atoms with Gasteiger partial charge >= 0.3 is 0 Å². The molecule has 0 heterocycles. The van der Waals surface area contributed by atoms with Crippen LogP contribution in [0.1, 0.15) is 71.1 Å². The van der Waals surface area contributed by atoms with Crippen molar-refractivity contribution in [3.63, 3.8) is 0 Å². The zero-order valence-electron chi connectivity index (χ0n) is 10.5. The summed E-state index contributed by atoms with van der Waals surface area (Å²) < 4.78 is 0. The minimum absolute atomic E-state index is 0.0370. The topological polar surface area (TPSA) is 47.6 Å². The van der Waals surface area contributed by atoms with Crippen molar-refractivity contribution in [1.29, 1.82) is 10.5 Å². The molecule has 0 aliphatic rings. The van der Waals surface area contributed by atoms with Crippen LogP contribution in [-0.2, 0) is 0 Å². The highest BCUT2D eigenvalue weighted by molar-refractivity contribution is 4.89. The van der Waals surface area contributed by atoms with Gasteiger partial charge in [0.1, 0.15) is 0 Å². The Balaban J connectivity index is 3.20. The van der Waals surface area contributed by atoms with E-state index in [1.807, 2.05) is 0 Å². The van der Waals surface area contributed by atoms with Crippen molar-refractivity contribution < 1.29 is 0 Å². The van der Waals surface area contributed by atoms with Crippen molar-refractivity contribution in [3.05, 3.63) is 0 Å². The van der Waals surface area contributed by atoms with Crippen molar-refractivity contribution in [2.75, 3.05) is 0 Å². The van der Waals surface area contributed by atoms with Crippen LogP contribution in [0, 0.1) is 28.6 Å². The molecule has 0 rings (SSSR count). The molecule has 2 nitrogen and oxygen atoms in total. The number of nitriles is 2. The summed E-state index contributed by atoms with van der Waals surface area (Å²) >= 11 is 0. The summed E-state index contributed by atoms with van der Waals surface area (Å²) in [6.07, 6.45) is 11.6. The van der Waals surface area contributed by atoms with Crippen LogP contribution < -0.4 is 0 Å². The molecule has 0 N–H and O–H groups in total. The molecule has 0 saturated heterocycles. The lowest BCUT2D eigenvalue weighted by Crippen LogP contribution is -1.95. The van der Waals surface area contributed by atoms with Gasteiger partial charge < -0.3 is 0 Å². The van der Waals surface area contributed by atoms with Gasteiger partial charge in [-0.05, 0) is 6.42 Å². The lowest BCUT2D eigenvalue weighted by molar-refractivity contribution is 0.523. The predicted octanol–water partition coefficient (Wildman–Crippen LogP) is 4.57. The third kappa shape index (κ3) is 9.53. The number of nitrogens with zero attached hydrogens (tertiary/aromatic N) is 2. The fraction of sp³-hybridized carbons (Fsp3) is 0.857. The Labute approximate surface area is 100 Å². The van der Waals surface area contributed by atoms with E-state index in [1.54, 1.807) is 0 Å². The standard InChI is InChI=1S/C14H24N2/c1-2-3-4-5-6-7-8-9-10-14(13-16)11-12-15/h14H,2-11H2,1H3. The Morgan fingerprint density at radius 2 is 1.44 bits per heavy atom. The van der Waals surface area contributed by atoms with Crippen LogP contribution >= 0.6 is 0 Å². The van der Waals surface area contributed by atoms with Gasteiger partial charge in [0.15, 0.2) is 0 Å². The molecule has 0 bridgehead atoms. The van der Waals surface area contributed by atoms with Crippen LogP contribution in [0.2, 0.25) is 0 Å². The second kappa shape index (κ2) is 12.1. The van der Waals surface area contributed by atoms with Crippen LogP contribution in [0.4, 0.5) is 0 Å². The highest BCUT2D eigenvalue weighted by Gasteiger charge is 2.05. The predicted molar refractivity (Wildman–Crippen MR) is 66.6 cm³/mol. The third-order valence-corrected chi connectivity index (χ3v) is 2.93. The van der Waals surface area contributed by atoms with Crippen molar-refractivity contribution >= 4 is 0 Å². The molecular formula is C14H24N2. The smallest absolute Gasteiger partial charge is 0.0666 e. The lowest BCUT2D eigenvalue weighted by Gasteiger charge is -2.04. The molecule has 0 aromatic rings. The highest BCUT2D eigenvalue weighted by Crippen LogP contribution is 2.14. The van der Waals surface area contributed by atoms with E-state index < -0.39 is 0 Å². The first-order valence-electron chi connectivity index (χ1n) is 6.61. The van der Waals surface area contributed by atoms with Gasteiger partial charge in [0.25, 0.3) is 0 Å². The number of rotatable bonds is 10. The fourth-order valence-corrected chi connectivity index (χ4v) is 1.85. The molecule has 0 amide bonds. The van der Waals surface area contributed by atoms with E-state index in [9.17, 15) is 0 Å². The van der Waals surface area contributed by atoms with Gasteiger partial charge in [-0.25, -0.2) is 0 Å². The van der Waals surface area contributed by atoms with Crippen molar-refractivity contribution in [1.82, 2.24) is 0 Å². The Hall–Kier alpha value is -1.02. The number of hydrogen-bond acceptors (Lipinski definition) is 2. The van der Waals surface area contributed by atoms with E-state index in [1.165, 1.54) is 44.9 Å². The monoisotopic (exact) mass is 220 g/mol. The maximum Gasteiger partial charge on any atom is 0.0666 e.